The summed E-state index contributed by atoms with van der Waals surface area (Å²) in [5.74, 6) is 0.884. The van der Waals surface area contributed by atoms with E-state index >= 15 is 0 Å². The molecule has 16 heavy (non-hydrogen) atoms. The molecule has 4 heteroatoms. The Morgan fingerprint density at radius 2 is 1.75 bits per heavy atom. The summed E-state index contributed by atoms with van der Waals surface area (Å²) in [5, 5.41) is 0. The van der Waals surface area contributed by atoms with Crippen LogP contribution in [-0.4, -0.2) is 23.7 Å². The third-order valence-corrected chi connectivity index (χ3v) is 7.35. The van der Waals surface area contributed by atoms with Crippen LogP contribution >= 0.6 is 15.9 Å². The molecule has 2 atom stereocenters. The highest BCUT2D eigenvalue weighted by atomic mass is 79.9. The number of sulfone groups is 1. The van der Waals surface area contributed by atoms with Gasteiger partial charge >= 0.3 is 0 Å². The second-order valence-electron chi connectivity index (χ2n) is 5.78. The molecule has 2 unspecified atom stereocenters. The van der Waals surface area contributed by atoms with Crippen molar-refractivity contribution in [3.8, 4) is 0 Å². The van der Waals surface area contributed by atoms with Crippen LogP contribution in [0.5, 0.6) is 0 Å². The van der Waals surface area contributed by atoms with Gasteiger partial charge in [-0.25, -0.2) is 8.42 Å². The van der Waals surface area contributed by atoms with Gasteiger partial charge in [-0.3, -0.25) is 0 Å². The van der Waals surface area contributed by atoms with Gasteiger partial charge in [-0.2, -0.15) is 0 Å². The molecule has 1 fully saturated rings. The Balaban J connectivity index is 2.51. The lowest BCUT2D eigenvalue weighted by molar-refractivity contribution is 0.365. The summed E-state index contributed by atoms with van der Waals surface area (Å²) in [6.45, 7) is 5.36. The highest BCUT2D eigenvalue weighted by molar-refractivity contribution is 9.09. The van der Waals surface area contributed by atoms with Gasteiger partial charge in [-0.15, -0.1) is 0 Å². The van der Waals surface area contributed by atoms with E-state index in [2.05, 4.69) is 15.9 Å². The van der Waals surface area contributed by atoms with Crippen molar-refractivity contribution in [3.63, 3.8) is 0 Å². The predicted molar refractivity (Wildman–Crippen MR) is 72.8 cm³/mol. The fourth-order valence-corrected chi connectivity index (χ4v) is 4.18. The summed E-state index contributed by atoms with van der Waals surface area (Å²) in [6, 6.07) is 0. The average molecular weight is 311 g/mol. The van der Waals surface area contributed by atoms with Crippen molar-refractivity contribution in [3.05, 3.63) is 0 Å². The monoisotopic (exact) mass is 310 g/mol. The van der Waals surface area contributed by atoms with E-state index in [1.54, 1.807) is 20.8 Å². The van der Waals surface area contributed by atoms with Crippen LogP contribution < -0.4 is 0 Å². The number of rotatable bonds is 3. The topological polar surface area (TPSA) is 34.1 Å². The second kappa shape index (κ2) is 5.38. The van der Waals surface area contributed by atoms with E-state index in [9.17, 15) is 8.42 Å². The Morgan fingerprint density at radius 3 is 2.25 bits per heavy atom. The molecule has 1 saturated carbocycles. The van der Waals surface area contributed by atoms with Crippen molar-refractivity contribution in [1.29, 1.82) is 0 Å². The largest absolute Gasteiger partial charge is 0.228 e. The smallest absolute Gasteiger partial charge is 0.155 e. The predicted octanol–water partition coefficient (Wildman–Crippen LogP) is 3.54. The highest BCUT2D eigenvalue weighted by Gasteiger charge is 2.31. The SMILES string of the molecule is CC(C)(C)S(=O)(=O)CCC1CCCCC1Br. The van der Waals surface area contributed by atoms with Gasteiger partial charge in [0.25, 0.3) is 0 Å². The maximum Gasteiger partial charge on any atom is 0.155 e. The molecule has 0 radical (unpaired) electrons. The van der Waals surface area contributed by atoms with E-state index < -0.39 is 14.6 Å². The number of halogens is 1. The minimum atomic E-state index is -2.94. The summed E-state index contributed by atoms with van der Waals surface area (Å²) < 4.78 is 23.4. The van der Waals surface area contributed by atoms with Gasteiger partial charge in [0.15, 0.2) is 9.84 Å². The van der Waals surface area contributed by atoms with Gasteiger partial charge in [0.05, 0.1) is 10.5 Å². The third kappa shape index (κ3) is 3.73. The summed E-state index contributed by atoms with van der Waals surface area (Å²) in [4.78, 5) is 0.524. The second-order valence-corrected chi connectivity index (χ2v) is 9.82. The van der Waals surface area contributed by atoms with Gasteiger partial charge in [0, 0.05) is 4.83 Å². The molecule has 0 spiro atoms. The molecule has 1 rings (SSSR count). The zero-order valence-corrected chi connectivity index (χ0v) is 12.9. The Bertz CT molecular complexity index is 316. The van der Waals surface area contributed by atoms with Crippen molar-refractivity contribution < 1.29 is 8.42 Å². The van der Waals surface area contributed by atoms with Crippen LogP contribution in [0.15, 0.2) is 0 Å². The van der Waals surface area contributed by atoms with Crippen LogP contribution in [0.25, 0.3) is 0 Å². The summed E-state index contributed by atoms with van der Waals surface area (Å²) in [5.41, 5.74) is 0. The first-order valence-corrected chi connectivity index (χ1v) is 8.67. The van der Waals surface area contributed by atoms with E-state index in [1.807, 2.05) is 0 Å². The van der Waals surface area contributed by atoms with Crippen molar-refractivity contribution in [2.75, 3.05) is 5.75 Å². The lowest BCUT2D eigenvalue weighted by atomic mass is 9.87. The van der Waals surface area contributed by atoms with Crippen LogP contribution in [0.3, 0.4) is 0 Å². The van der Waals surface area contributed by atoms with Crippen molar-refractivity contribution >= 4 is 25.8 Å². The molecule has 2 nitrogen and oxygen atoms in total. The van der Waals surface area contributed by atoms with Crippen LogP contribution in [-0.2, 0) is 9.84 Å². The molecule has 1 aliphatic carbocycles. The molecule has 0 aromatic carbocycles. The summed E-state index contributed by atoms with van der Waals surface area (Å²) in [7, 11) is -2.94. The molecule has 0 aliphatic heterocycles. The molecule has 0 saturated heterocycles. The van der Waals surface area contributed by atoms with E-state index in [-0.39, 0.29) is 0 Å². The van der Waals surface area contributed by atoms with Gasteiger partial charge in [-0.1, -0.05) is 28.8 Å². The van der Waals surface area contributed by atoms with E-state index in [4.69, 9.17) is 0 Å². The van der Waals surface area contributed by atoms with Crippen LogP contribution in [0, 0.1) is 5.92 Å². The number of alkyl halides is 1. The van der Waals surface area contributed by atoms with Gasteiger partial charge in [-0.05, 0) is 46.0 Å². The summed E-state index contributed by atoms with van der Waals surface area (Å²) in [6.07, 6.45) is 5.71. The zero-order valence-electron chi connectivity index (χ0n) is 10.5. The molecule has 0 heterocycles. The van der Waals surface area contributed by atoms with Crippen LogP contribution in [0.4, 0.5) is 0 Å². The normalized spacial score (nSPS) is 28.0. The molecular formula is C12H23BrO2S. The standard InChI is InChI=1S/C12H23BrO2S/c1-12(2,3)16(14,15)9-8-10-6-4-5-7-11(10)13/h10-11H,4-9H2,1-3H3. The first-order chi connectivity index (χ1) is 7.24. The van der Waals surface area contributed by atoms with Gasteiger partial charge < -0.3 is 0 Å². The first kappa shape index (κ1) is 14.5. The Labute approximate surface area is 108 Å². The molecule has 0 aromatic rings. The van der Waals surface area contributed by atoms with Gasteiger partial charge in [0.1, 0.15) is 0 Å². The van der Waals surface area contributed by atoms with Crippen molar-refractivity contribution in [2.45, 2.75) is 62.4 Å². The Hall–Kier alpha value is 0.430. The minimum Gasteiger partial charge on any atom is -0.228 e. The maximum absolute atomic E-state index is 12.0. The Morgan fingerprint density at radius 1 is 1.19 bits per heavy atom. The quantitative estimate of drug-likeness (QED) is 0.747. The molecular weight excluding hydrogens is 288 g/mol. The van der Waals surface area contributed by atoms with Crippen LogP contribution in [0.1, 0.15) is 52.9 Å². The summed E-state index contributed by atoms with van der Waals surface area (Å²) >= 11 is 3.68. The van der Waals surface area contributed by atoms with Crippen molar-refractivity contribution in [2.24, 2.45) is 5.92 Å². The van der Waals surface area contributed by atoms with Gasteiger partial charge in [0.2, 0.25) is 0 Å². The van der Waals surface area contributed by atoms with E-state index in [0.717, 1.165) is 6.42 Å². The fraction of sp³-hybridized carbons (Fsp3) is 1.00. The average Bonchev–Trinajstić information content (AvgIpc) is 2.15. The fourth-order valence-electron chi connectivity index (χ4n) is 2.10. The molecule has 0 bridgehead atoms. The first-order valence-electron chi connectivity index (χ1n) is 6.10. The molecule has 0 amide bonds. The number of hydrogen-bond donors (Lipinski definition) is 0. The van der Waals surface area contributed by atoms with Crippen LogP contribution in [0.2, 0.25) is 0 Å². The van der Waals surface area contributed by atoms with Crippen molar-refractivity contribution in [1.82, 2.24) is 0 Å². The lowest BCUT2D eigenvalue weighted by Crippen LogP contribution is -2.32. The Kier molecular flexibility index (Phi) is 4.88. The third-order valence-electron chi connectivity index (χ3n) is 3.51. The molecule has 96 valence electrons. The maximum atomic E-state index is 12.0. The highest BCUT2D eigenvalue weighted by Crippen LogP contribution is 2.33. The zero-order chi connectivity index (χ0) is 12.4. The molecule has 0 N–H and O–H groups in total. The van der Waals surface area contributed by atoms with E-state index in [0.29, 0.717) is 16.5 Å². The minimum absolute atomic E-state index is 0.337. The number of hydrogen-bond acceptors (Lipinski definition) is 2. The lowest BCUT2D eigenvalue weighted by Gasteiger charge is -2.28. The van der Waals surface area contributed by atoms with E-state index in [1.165, 1.54) is 25.7 Å². The molecule has 0 aromatic heterocycles. The molecule has 1 aliphatic rings.